The second-order valence-electron chi connectivity index (χ2n) is 4.01. The van der Waals surface area contributed by atoms with Gasteiger partial charge in [-0.25, -0.2) is 0 Å². The minimum absolute atomic E-state index is 0.496. The highest BCUT2D eigenvalue weighted by Crippen LogP contribution is 2.13. The first-order valence-electron chi connectivity index (χ1n) is 5.62. The zero-order valence-corrected chi connectivity index (χ0v) is 9.09. The van der Waals surface area contributed by atoms with Crippen LogP contribution >= 0.6 is 0 Å². The van der Waals surface area contributed by atoms with Gasteiger partial charge in [0, 0.05) is 13.7 Å². The summed E-state index contributed by atoms with van der Waals surface area (Å²) in [6.45, 7) is 5.96. The molecule has 1 atom stereocenters. The molecule has 0 amide bonds. The van der Waals surface area contributed by atoms with Crippen molar-refractivity contribution in [3.63, 3.8) is 0 Å². The number of rotatable bonds is 5. The van der Waals surface area contributed by atoms with Crippen LogP contribution in [-0.2, 0) is 4.74 Å². The van der Waals surface area contributed by atoms with Crippen LogP contribution in [0.4, 0.5) is 0 Å². The highest BCUT2D eigenvalue weighted by Gasteiger charge is 2.18. The lowest BCUT2D eigenvalue weighted by molar-refractivity contribution is 0.0309. The molecule has 1 fully saturated rings. The van der Waals surface area contributed by atoms with E-state index >= 15 is 0 Å². The average molecular weight is 185 g/mol. The van der Waals surface area contributed by atoms with Crippen LogP contribution in [0, 0.1) is 0 Å². The van der Waals surface area contributed by atoms with E-state index in [9.17, 15) is 0 Å². The highest BCUT2D eigenvalue weighted by molar-refractivity contribution is 4.72. The molecule has 2 nitrogen and oxygen atoms in total. The zero-order chi connectivity index (χ0) is 9.52. The maximum absolute atomic E-state index is 5.39. The summed E-state index contributed by atoms with van der Waals surface area (Å²) >= 11 is 0. The maximum Gasteiger partial charge on any atom is 0.0698 e. The highest BCUT2D eigenvalue weighted by atomic mass is 16.5. The van der Waals surface area contributed by atoms with Gasteiger partial charge in [-0.15, -0.1) is 0 Å². The molecule has 1 rings (SSSR count). The lowest BCUT2D eigenvalue weighted by atomic mass is 10.1. The van der Waals surface area contributed by atoms with E-state index in [2.05, 4.69) is 11.8 Å². The molecule has 2 heteroatoms. The van der Waals surface area contributed by atoms with Gasteiger partial charge in [-0.1, -0.05) is 19.8 Å². The van der Waals surface area contributed by atoms with Crippen molar-refractivity contribution in [1.29, 1.82) is 0 Å². The molecule has 0 aromatic carbocycles. The van der Waals surface area contributed by atoms with Crippen LogP contribution < -0.4 is 0 Å². The van der Waals surface area contributed by atoms with Gasteiger partial charge in [-0.05, 0) is 32.4 Å². The Morgan fingerprint density at radius 3 is 2.92 bits per heavy atom. The van der Waals surface area contributed by atoms with Crippen LogP contribution in [0.3, 0.4) is 0 Å². The summed E-state index contributed by atoms with van der Waals surface area (Å²) in [4.78, 5) is 2.55. The van der Waals surface area contributed by atoms with E-state index in [1.54, 1.807) is 0 Å². The summed E-state index contributed by atoms with van der Waals surface area (Å²) in [7, 11) is 1.83. The lowest BCUT2D eigenvalue weighted by Gasteiger charge is -2.31. The number of piperidine rings is 1. The minimum atomic E-state index is 0.496. The maximum atomic E-state index is 5.39. The molecule has 1 saturated heterocycles. The van der Waals surface area contributed by atoms with Crippen molar-refractivity contribution in [3.05, 3.63) is 0 Å². The van der Waals surface area contributed by atoms with E-state index in [0.717, 1.165) is 6.54 Å². The zero-order valence-electron chi connectivity index (χ0n) is 9.09. The fraction of sp³-hybridized carbons (Fsp3) is 1.00. The van der Waals surface area contributed by atoms with Gasteiger partial charge in [-0.3, -0.25) is 0 Å². The van der Waals surface area contributed by atoms with Gasteiger partial charge in [0.15, 0.2) is 0 Å². The largest absolute Gasteiger partial charge is 0.380 e. The molecule has 1 aliphatic heterocycles. The van der Waals surface area contributed by atoms with Gasteiger partial charge in [0.25, 0.3) is 0 Å². The summed E-state index contributed by atoms with van der Waals surface area (Å²) < 4.78 is 5.39. The lowest BCUT2D eigenvalue weighted by Crippen LogP contribution is -2.39. The Kier molecular flexibility index (Phi) is 5.40. The van der Waals surface area contributed by atoms with E-state index in [-0.39, 0.29) is 0 Å². The van der Waals surface area contributed by atoms with Crippen molar-refractivity contribution in [2.75, 3.05) is 26.7 Å². The van der Waals surface area contributed by atoms with Crippen LogP contribution in [0.1, 0.15) is 39.0 Å². The Bertz CT molecular complexity index is 127. The molecular formula is C11H23NO. The number of unbranched alkanes of at least 4 members (excludes halogenated alkanes) is 2. The van der Waals surface area contributed by atoms with Crippen LogP contribution in [-0.4, -0.2) is 37.7 Å². The fourth-order valence-corrected chi connectivity index (χ4v) is 1.99. The van der Waals surface area contributed by atoms with E-state index in [1.807, 2.05) is 7.11 Å². The third-order valence-corrected chi connectivity index (χ3v) is 2.87. The number of methoxy groups -OCH3 is 1. The predicted molar refractivity (Wildman–Crippen MR) is 56.0 cm³/mol. The Morgan fingerprint density at radius 2 is 2.23 bits per heavy atom. The van der Waals surface area contributed by atoms with Gasteiger partial charge in [0.1, 0.15) is 0 Å². The Morgan fingerprint density at radius 1 is 1.38 bits per heavy atom. The van der Waals surface area contributed by atoms with Gasteiger partial charge < -0.3 is 9.64 Å². The molecule has 1 aliphatic rings. The van der Waals surface area contributed by atoms with E-state index in [4.69, 9.17) is 4.74 Å². The predicted octanol–water partition coefficient (Wildman–Crippen LogP) is 2.29. The van der Waals surface area contributed by atoms with Crippen molar-refractivity contribution in [1.82, 2.24) is 4.90 Å². The topological polar surface area (TPSA) is 12.5 Å². The summed E-state index contributed by atoms with van der Waals surface area (Å²) in [5.41, 5.74) is 0. The molecular weight excluding hydrogens is 162 g/mol. The van der Waals surface area contributed by atoms with Crippen LogP contribution in [0.25, 0.3) is 0 Å². The molecule has 0 N–H and O–H groups in total. The molecule has 0 saturated carbocycles. The molecule has 1 unspecified atom stereocenters. The second kappa shape index (κ2) is 6.39. The molecule has 0 spiro atoms. The number of nitrogens with zero attached hydrogens (tertiary/aromatic N) is 1. The van der Waals surface area contributed by atoms with Crippen LogP contribution in [0.2, 0.25) is 0 Å². The Labute approximate surface area is 82.3 Å². The summed E-state index contributed by atoms with van der Waals surface area (Å²) in [5, 5.41) is 0. The minimum Gasteiger partial charge on any atom is -0.380 e. The normalized spacial score (nSPS) is 24.9. The Hall–Kier alpha value is -0.0800. The molecule has 13 heavy (non-hydrogen) atoms. The standard InChI is InChI=1S/C11H23NO/c1-3-4-5-8-12-9-6-7-11(10-12)13-2/h11H,3-10H2,1-2H3. The van der Waals surface area contributed by atoms with E-state index < -0.39 is 0 Å². The summed E-state index contributed by atoms with van der Waals surface area (Å²) in [6.07, 6.45) is 7.10. The van der Waals surface area contributed by atoms with Crippen molar-refractivity contribution in [2.24, 2.45) is 0 Å². The van der Waals surface area contributed by atoms with E-state index in [0.29, 0.717) is 6.10 Å². The molecule has 0 aromatic rings. The number of hydrogen-bond acceptors (Lipinski definition) is 2. The molecule has 78 valence electrons. The number of likely N-dealkylation sites (tertiary alicyclic amines) is 1. The third-order valence-electron chi connectivity index (χ3n) is 2.87. The molecule has 0 aromatic heterocycles. The SMILES string of the molecule is CCCCCN1CCCC(OC)C1. The number of hydrogen-bond donors (Lipinski definition) is 0. The van der Waals surface area contributed by atoms with Gasteiger partial charge in [0.05, 0.1) is 6.10 Å². The molecule has 0 bridgehead atoms. The number of ether oxygens (including phenoxy) is 1. The van der Waals surface area contributed by atoms with Gasteiger partial charge in [0.2, 0.25) is 0 Å². The molecule has 0 radical (unpaired) electrons. The first-order chi connectivity index (χ1) is 6.36. The molecule has 0 aliphatic carbocycles. The van der Waals surface area contributed by atoms with E-state index in [1.165, 1.54) is 45.2 Å². The van der Waals surface area contributed by atoms with Crippen molar-refractivity contribution in [2.45, 2.75) is 45.1 Å². The first kappa shape index (κ1) is 11.0. The van der Waals surface area contributed by atoms with Gasteiger partial charge >= 0.3 is 0 Å². The monoisotopic (exact) mass is 185 g/mol. The van der Waals surface area contributed by atoms with Gasteiger partial charge in [-0.2, -0.15) is 0 Å². The summed E-state index contributed by atoms with van der Waals surface area (Å²) in [5.74, 6) is 0. The van der Waals surface area contributed by atoms with Crippen molar-refractivity contribution < 1.29 is 4.74 Å². The quantitative estimate of drug-likeness (QED) is 0.609. The smallest absolute Gasteiger partial charge is 0.0698 e. The first-order valence-corrected chi connectivity index (χ1v) is 5.62. The van der Waals surface area contributed by atoms with Crippen molar-refractivity contribution in [3.8, 4) is 0 Å². The summed E-state index contributed by atoms with van der Waals surface area (Å²) in [6, 6.07) is 0. The second-order valence-corrected chi connectivity index (χ2v) is 4.01. The third kappa shape index (κ3) is 4.10. The average Bonchev–Trinajstić information content (AvgIpc) is 2.19. The van der Waals surface area contributed by atoms with Crippen molar-refractivity contribution >= 4 is 0 Å². The fourth-order valence-electron chi connectivity index (χ4n) is 1.99. The van der Waals surface area contributed by atoms with Crippen LogP contribution in [0.15, 0.2) is 0 Å². The Balaban J connectivity index is 2.11. The van der Waals surface area contributed by atoms with Crippen LogP contribution in [0.5, 0.6) is 0 Å². The molecule has 1 heterocycles.